The molecular weight excluding hydrogens is 275 g/mol. The summed E-state index contributed by atoms with van der Waals surface area (Å²) in [5.41, 5.74) is 6.62. The van der Waals surface area contributed by atoms with Crippen molar-refractivity contribution in [2.75, 3.05) is 11.1 Å². The molecule has 0 saturated heterocycles. The van der Waals surface area contributed by atoms with E-state index in [0.29, 0.717) is 16.3 Å². The number of nitrogens with one attached hydrogen (secondary N) is 1. The van der Waals surface area contributed by atoms with Gasteiger partial charge in [0.1, 0.15) is 5.82 Å². The molecule has 94 valence electrons. The van der Waals surface area contributed by atoms with Crippen LogP contribution in [0.1, 0.15) is 14.5 Å². The number of halogens is 2. The Balaban J connectivity index is 2.21. The first kappa shape index (κ1) is 12.9. The van der Waals surface area contributed by atoms with Crippen molar-refractivity contribution in [3.05, 3.63) is 44.9 Å². The first-order chi connectivity index (χ1) is 8.47. The van der Waals surface area contributed by atoms with E-state index in [4.69, 9.17) is 17.3 Å². The van der Waals surface area contributed by atoms with Crippen LogP contribution in [0.2, 0.25) is 5.02 Å². The minimum Gasteiger partial charge on any atom is -0.398 e. The van der Waals surface area contributed by atoms with Gasteiger partial charge in [-0.3, -0.25) is 4.79 Å². The van der Waals surface area contributed by atoms with Gasteiger partial charge in [-0.15, -0.1) is 11.3 Å². The summed E-state index contributed by atoms with van der Waals surface area (Å²) in [6.45, 7) is 1.83. The number of hydrogen-bond donors (Lipinski definition) is 2. The summed E-state index contributed by atoms with van der Waals surface area (Å²) in [5.74, 6) is -0.762. The number of nitrogens with two attached hydrogens (primary N) is 1. The van der Waals surface area contributed by atoms with E-state index in [1.165, 1.54) is 23.5 Å². The number of thiophene rings is 1. The number of aryl methyl sites for hydroxylation is 1. The van der Waals surface area contributed by atoms with Gasteiger partial charge in [0, 0.05) is 10.6 Å². The van der Waals surface area contributed by atoms with E-state index in [1.807, 2.05) is 6.92 Å². The summed E-state index contributed by atoms with van der Waals surface area (Å²) in [4.78, 5) is 13.3. The molecule has 0 aliphatic heterocycles. The first-order valence-electron chi connectivity index (χ1n) is 5.09. The van der Waals surface area contributed by atoms with Gasteiger partial charge in [-0.2, -0.15) is 0 Å². The molecule has 2 rings (SSSR count). The lowest BCUT2D eigenvalue weighted by atomic mass is 10.3. The van der Waals surface area contributed by atoms with Crippen LogP contribution in [0.15, 0.2) is 24.3 Å². The molecule has 1 aromatic carbocycles. The van der Waals surface area contributed by atoms with Crippen molar-refractivity contribution in [1.29, 1.82) is 0 Å². The number of amides is 1. The molecule has 1 aromatic heterocycles. The van der Waals surface area contributed by atoms with Crippen LogP contribution in [0.4, 0.5) is 15.8 Å². The van der Waals surface area contributed by atoms with E-state index in [2.05, 4.69) is 5.32 Å². The Hall–Kier alpha value is -1.59. The fourth-order valence-electron chi connectivity index (χ4n) is 1.38. The largest absolute Gasteiger partial charge is 0.398 e. The smallest absolute Gasteiger partial charge is 0.265 e. The Kier molecular flexibility index (Phi) is 3.54. The number of rotatable bonds is 2. The fraction of sp³-hybridized carbons (Fsp3) is 0.0833. The van der Waals surface area contributed by atoms with Crippen molar-refractivity contribution in [2.45, 2.75) is 6.92 Å². The number of carbonyl (C=O) groups is 1. The second-order valence-electron chi connectivity index (χ2n) is 3.70. The highest BCUT2D eigenvalue weighted by Gasteiger charge is 2.12. The van der Waals surface area contributed by atoms with E-state index in [-0.39, 0.29) is 10.9 Å². The van der Waals surface area contributed by atoms with Crippen LogP contribution in [-0.4, -0.2) is 5.91 Å². The third-order valence-electron chi connectivity index (χ3n) is 2.36. The maximum atomic E-state index is 12.9. The van der Waals surface area contributed by atoms with Gasteiger partial charge in [0.15, 0.2) is 0 Å². The summed E-state index contributed by atoms with van der Waals surface area (Å²) >= 11 is 7.12. The third-order valence-corrected chi connectivity index (χ3v) is 3.74. The third kappa shape index (κ3) is 2.63. The Morgan fingerprint density at radius 2 is 2.17 bits per heavy atom. The molecule has 0 radical (unpaired) electrons. The molecule has 2 aromatic rings. The monoisotopic (exact) mass is 284 g/mol. The number of hydrogen-bond acceptors (Lipinski definition) is 3. The SMILES string of the molecule is Cc1sc(C(=O)Nc2ccc(F)cc2Cl)cc1N. The number of anilines is 2. The average molecular weight is 285 g/mol. The Morgan fingerprint density at radius 1 is 1.44 bits per heavy atom. The Labute approximate surface area is 112 Å². The molecule has 0 fully saturated rings. The van der Waals surface area contributed by atoms with E-state index in [1.54, 1.807) is 6.07 Å². The summed E-state index contributed by atoms with van der Waals surface area (Å²) in [5, 5.41) is 2.77. The molecule has 1 heterocycles. The molecule has 0 spiro atoms. The van der Waals surface area contributed by atoms with Gasteiger partial charge in [-0.1, -0.05) is 11.6 Å². The normalized spacial score (nSPS) is 10.4. The van der Waals surface area contributed by atoms with Crippen LogP contribution >= 0.6 is 22.9 Å². The van der Waals surface area contributed by atoms with Crippen LogP contribution in [0, 0.1) is 12.7 Å². The highest BCUT2D eigenvalue weighted by atomic mass is 35.5. The molecule has 0 unspecified atom stereocenters. The predicted molar refractivity (Wildman–Crippen MR) is 72.8 cm³/mol. The minimum atomic E-state index is -0.450. The van der Waals surface area contributed by atoms with Crippen molar-refractivity contribution >= 4 is 40.2 Å². The first-order valence-corrected chi connectivity index (χ1v) is 6.29. The minimum absolute atomic E-state index is 0.157. The standard InChI is InChI=1S/C12H10ClFN2OS/c1-6-9(15)5-11(18-6)12(17)16-10-3-2-7(14)4-8(10)13/h2-5H,15H2,1H3,(H,16,17). The molecule has 1 amide bonds. The zero-order valence-electron chi connectivity index (χ0n) is 9.46. The lowest BCUT2D eigenvalue weighted by molar-refractivity contribution is 0.103. The van der Waals surface area contributed by atoms with Crippen LogP contribution < -0.4 is 11.1 Å². The zero-order chi connectivity index (χ0) is 13.3. The molecule has 3 N–H and O–H groups in total. The summed E-state index contributed by atoms with van der Waals surface area (Å²) < 4.78 is 12.9. The van der Waals surface area contributed by atoms with Crippen molar-refractivity contribution in [2.24, 2.45) is 0 Å². The quantitative estimate of drug-likeness (QED) is 0.884. The molecule has 0 atom stereocenters. The lowest BCUT2D eigenvalue weighted by Gasteiger charge is -2.05. The maximum Gasteiger partial charge on any atom is 0.265 e. The van der Waals surface area contributed by atoms with E-state index < -0.39 is 5.82 Å². The fourth-order valence-corrected chi connectivity index (χ4v) is 2.43. The van der Waals surface area contributed by atoms with Gasteiger partial charge in [-0.25, -0.2) is 4.39 Å². The molecule has 0 saturated carbocycles. The summed E-state index contributed by atoms with van der Waals surface area (Å²) in [7, 11) is 0. The number of nitrogen functional groups attached to an aromatic ring is 1. The van der Waals surface area contributed by atoms with Gasteiger partial charge in [0.25, 0.3) is 5.91 Å². The van der Waals surface area contributed by atoms with Gasteiger partial charge in [-0.05, 0) is 31.2 Å². The van der Waals surface area contributed by atoms with Crippen molar-refractivity contribution in [1.82, 2.24) is 0 Å². The highest BCUT2D eigenvalue weighted by Crippen LogP contribution is 2.26. The average Bonchev–Trinajstić information content (AvgIpc) is 2.63. The maximum absolute atomic E-state index is 12.9. The van der Waals surface area contributed by atoms with Crippen LogP contribution in [-0.2, 0) is 0 Å². The predicted octanol–water partition coefficient (Wildman–Crippen LogP) is 3.68. The van der Waals surface area contributed by atoms with Crippen LogP contribution in [0.5, 0.6) is 0 Å². The molecule has 0 aliphatic carbocycles. The van der Waals surface area contributed by atoms with Crippen molar-refractivity contribution < 1.29 is 9.18 Å². The topological polar surface area (TPSA) is 55.1 Å². The summed E-state index contributed by atoms with van der Waals surface area (Å²) in [6.07, 6.45) is 0. The Bertz CT molecular complexity index is 593. The number of benzene rings is 1. The van der Waals surface area contributed by atoms with Crippen molar-refractivity contribution in [3.8, 4) is 0 Å². The van der Waals surface area contributed by atoms with E-state index in [0.717, 1.165) is 10.9 Å². The molecular formula is C12H10ClFN2OS. The van der Waals surface area contributed by atoms with Gasteiger partial charge < -0.3 is 11.1 Å². The Morgan fingerprint density at radius 3 is 2.72 bits per heavy atom. The molecule has 18 heavy (non-hydrogen) atoms. The van der Waals surface area contributed by atoms with Crippen molar-refractivity contribution in [3.63, 3.8) is 0 Å². The van der Waals surface area contributed by atoms with E-state index >= 15 is 0 Å². The van der Waals surface area contributed by atoms with Gasteiger partial charge in [0.2, 0.25) is 0 Å². The van der Waals surface area contributed by atoms with E-state index in [9.17, 15) is 9.18 Å². The summed E-state index contributed by atoms with van der Waals surface area (Å²) in [6, 6.07) is 5.40. The second-order valence-corrected chi connectivity index (χ2v) is 5.36. The number of carbonyl (C=O) groups excluding carboxylic acids is 1. The highest BCUT2D eigenvalue weighted by molar-refractivity contribution is 7.14. The zero-order valence-corrected chi connectivity index (χ0v) is 11.0. The molecule has 6 heteroatoms. The second kappa shape index (κ2) is 4.96. The van der Waals surface area contributed by atoms with Gasteiger partial charge in [0.05, 0.1) is 15.6 Å². The lowest BCUT2D eigenvalue weighted by Crippen LogP contribution is -2.10. The van der Waals surface area contributed by atoms with Gasteiger partial charge >= 0.3 is 0 Å². The van der Waals surface area contributed by atoms with Crippen LogP contribution in [0.3, 0.4) is 0 Å². The molecule has 0 aliphatic rings. The molecule has 0 bridgehead atoms. The molecule has 3 nitrogen and oxygen atoms in total. The van der Waals surface area contributed by atoms with Crippen LogP contribution in [0.25, 0.3) is 0 Å².